The number of amides is 2. The minimum Gasteiger partial charge on any atom is -0.352 e. The second kappa shape index (κ2) is 14.7. The molecular weight excluding hydrogens is 488 g/mol. The Balaban J connectivity index is 1.81. The smallest absolute Gasteiger partial charge is 0.243 e. The Hall–Kier alpha value is -2.76. The fraction of sp³-hybridized carbons (Fsp3) is 0.333. The van der Waals surface area contributed by atoms with Crippen molar-refractivity contribution in [3.8, 4) is 0 Å². The number of benzene rings is 3. The number of halogens is 1. The van der Waals surface area contributed by atoms with E-state index in [1.54, 1.807) is 16.7 Å². The Bertz CT molecular complexity index is 1090. The van der Waals surface area contributed by atoms with Gasteiger partial charge in [-0.2, -0.15) is 11.8 Å². The third kappa shape index (κ3) is 8.72. The average Bonchev–Trinajstić information content (AvgIpc) is 2.90. The number of carbonyl (C=O) groups is 2. The molecule has 0 radical (unpaired) electrons. The maximum atomic E-state index is 13.7. The first kappa shape index (κ1) is 27.8. The molecule has 0 aromatic heterocycles. The van der Waals surface area contributed by atoms with Gasteiger partial charge in [-0.3, -0.25) is 9.59 Å². The molecule has 36 heavy (non-hydrogen) atoms. The van der Waals surface area contributed by atoms with Gasteiger partial charge < -0.3 is 10.2 Å². The Morgan fingerprint density at radius 3 is 2.17 bits per heavy atom. The van der Waals surface area contributed by atoms with Crippen molar-refractivity contribution in [3.05, 3.63) is 107 Å². The number of thioether (sulfide) groups is 1. The summed E-state index contributed by atoms with van der Waals surface area (Å²) in [6, 6.07) is 27.0. The molecule has 1 N–H and O–H groups in total. The van der Waals surface area contributed by atoms with Gasteiger partial charge in [0.05, 0.1) is 0 Å². The van der Waals surface area contributed by atoms with Crippen molar-refractivity contribution in [3.63, 3.8) is 0 Å². The largest absolute Gasteiger partial charge is 0.352 e. The summed E-state index contributed by atoms with van der Waals surface area (Å²) in [5.41, 5.74) is 3.08. The predicted octanol–water partition coefficient (Wildman–Crippen LogP) is 6.52. The van der Waals surface area contributed by atoms with Crippen LogP contribution in [0.25, 0.3) is 0 Å². The predicted molar refractivity (Wildman–Crippen MR) is 151 cm³/mol. The number of carbonyl (C=O) groups excluding carboxylic acids is 2. The Morgan fingerprint density at radius 1 is 0.917 bits per heavy atom. The van der Waals surface area contributed by atoms with Crippen molar-refractivity contribution in [1.82, 2.24) is 10.2 Å². The fourth-order valence-corrected chi connectivity index (χ4v) is 4.96. The average molecular weight is 523 g/mol. The molecule has 4 nitrogen and oxygen atoms in total. The number of hydrogen-bond donors (Lipinski definition) is 1. The van der Waals surface area contributed by atoms with Crippen LogP contribution in [0.15, 0.2) is 84.9 Å². The molecule has 3 aromatic rings. The van der Waals surface area contributed by atoms with Gasteiger partial charge in [0.2, 0.25) is 11.8 Å². The van der Waals surface area contributed by atoms with Gasteiger partial charge in [0.25, 0.3) is 0 Å². The molecule has 0 unspecified atom stereocenters. The van der Waals surface area contributed by atoms with Crippen LogP contribution < -0.4 is 5.32 Å². The first-order chi connectivity index (χ1) is 17.5. The van der Waals surface area contributed by atoms with Crippen LogP contribution in [0.2, 0.25) is 5.02 Å². The molecular formula is C30H35ClN2O2S. The first-order valence-corrected chi connectivity index (χ1v) is 14.0. The fourth-order valence-electron chi connectivity index (χ4n) is 3.87. The van der Waals surface area contributed by atoms with Gasteiger partial charge in [-0.1, -0.05) is 97.4 Å². The summed E-state index contributed by atoms with van der Waals surface area (Å²) in [5.74, 6) is 1.35. The maximum Gasteiger partial charge on any atom is 0.243 e. The van der Waals surface area contributed by atoms with Crippen LogP contribution in [-0.2, 0) is 28.3 Å². The van der Waals surface area contributed by atoms with E-state index in [2.05, 4.69) is 17.4 Å². The van der Waals surface area contributed by atoms with Crippen molar-refractivity contribution in [2.75, 3.05) is 5.75 Å². The molecule has 3 aromatic carbocycles. The monoisotopic (exact) mass is 522 g/mol. The number of hydrogen-bond acceptors (Lipinski definition) is 3. The molecule has 2 amide bonds. The molecule has 3 rings (SSSR count). The lowest BCUT2D eigenvalue weighted by molar-refractivity contribution is -0.141. The molecule has 0 fully saturated rings. The summed E-state index contributed by atoms with van der Waals surface area (Å²) in [7, 11) is 0. The highest BCUT2D eigenvalue weighted by molar-refractivity contribution is 7.98. The van der Waals surface area contributed by atoms with Crippen LogP contribution in [-0.4, -0.2) is 34.6 Å². The molecule has 0 aliphatic rings. The van der Waals surface area contributed by atoms with E-state index < -0.39 is 6.04 Å². The van der Waals surface area contributed by atoms with Crippen molar-refractivity contribution in [2.24, 2.45) is 0 Å². The van der Waals surface area contributed by atoms with Crippen LogP contribution in [0.1, 0.15) is 43.4 Å². The zero-order valence-electron chi connectivity index (χ0n) is 21.0. The maximum absolute atomic E-state index is 13.7. The summed E-state index contributed by atoms with van der Waals surface area (Å²) in [6.45, 7) is 4.30. The van der Waals surface area contributed by atoms with Gasteiger partial charge in [-0.25, -0.2) is 0 Å². The molecule has 0 aliphatic heterocycles. The molecule has 0 saturated heterocycles. The summed E-state index contributed by atoms with van der Waals surface area (Å²) in [6.07, 6.45) is 1.61. The number of nitrogens with zero attached hydrogens (tertiary/aromatic N) is 1. The van der Waals surface area contributed by atoms with Crippen LogP contribution in [0, 0.1) is 0 Å². The summed E-state index contributed by atoms with van der Waals surface area (Å²) in [5, 5.41) is 3.70. The van der Waals surface area contributed by atoms with E-state index in [1.165, 1.54) is 5.56 Å². The van der Waals surface area contributed by atoms with Crippen molar-refractivity contribution >= 4 is 35.2 Å². The SMILES string of the molecule is CC[C@@H](C)NC(=O)[C@H](Cc1ccccc1)N(Cc1ccccc1Cl)C(=O)CCSCc1ccccc1. The van der Waals surface area contributed by atoms with Gasteiger partial charge in [0.1, 0.15) is 6.04 Å². The third-order valence-electron chi connectivity index (χ3n) is 6.14. The third-order valence-corrected chi connectivity index (χ3v) is 7.54. The highest BCUT2D eigenvalue weighted by Gasteiger charge is 2.31. The minimum absolute atomic E-state index is 0.0227. The second-order valence-electron chi connectivity index (χ2n) is 8.92. The Kier molecular flexibility index (Phi) is 11.4. The molecule has 2 atom stereocenters. The molecule has 0 heterocycles. The highest BCUT2D eigenvalue weighted by atomic mass is 35.5. The topological polar surface area (TPSA) is 49.4 Å². The van der Waals surface area contributed by atoms with Gasteiger partial charge in [0, 0.05) is 42.0 Å². The van der Waals surface area contributed by atoms with E-state index in [4.69, 9.17) is 11.6 Å². The zero-order chi connectivity index (χ0) is 25.8. The first-order valence-electron chi connectivity index (χ1n) is 12.5. The standard InChI is InChI=1S/C30H35ClN2O2S/c1-3-23(2)32-30(35)28(20-24-12-6-4-7-13-24)33(21-26-16-10-11-17-27(26)31)29(34)18-19-36-22-25-14-8-5-9-15-25/h4-17,23,28H,3,18-22H2,1-2H3,(H,32,35)/t23-,28+/m1/s1. The number of rotatable bonds is 13. The van der Waals surface area contributed by atoms with Crippen molar-refractivity contribution in [1.29, 1.82) is 0 Å². The summed E-state index contributed by atoms with van der Waals surface area (Å²) in [4.78, 5) is 28.9. The molecule has 190 valence electrons. The number of nitrogens with one attached hydrogen (secondary N) is 1. The summed E-state index contributed by atoms with van der Waals surface area (Å²) >= 11 is 8.20. The van der Waals surface area contributed by atoms with Crippen LogP contribution in [0.4, 0.5) is 0 Å². The zero-order valence-corrected chi connectivity index (χ0v) is 22.6. The van der Waals surface area contributed by atoms with Gasteiger partial charge >= 0.3 is 0 Å². The quantitative estimate of drug-likeness (QED) is 0.260. The van der Waals surface area contributed by atoms with Gasteiger partial charge in [-0.15, -0.1) is 0 Å². The lowest BCUT2D eigenvalue weighted by Gasteiger charge is -2.32. The molecule has 0 saturated carbocycles. The van der Waals surface area contributed by atoms with E-state index in [0.29, 0.717) is 23.6 Å². The lowest BCUT2D eigenvalue weighted by Crippen LogP contribution is -2.52. The molecule has 0 bridgehead atoms. The van der Waals surface area contributed by atoms with Crippen LogP contribution in [0.3, 0.4) is 0 Å². The normalized spacial score (nSPS) is 12.5. The van der Waals surface area contributed by atoms with Crippen LogP contribution in [0.5, 0.6) is 0 Å². The van der Waals surface area contributed by atoms with Crippen LogP contribution >= 0.6 is 23.4 Å². The molecule has 0 aliphatic carbocycles. The Morgan fingerprint density at radius 2 is 1.53 bits per heavy atom. The van der Waals surface area contributed by atoms with E-state index in [9.17, 15) is 9.59 Å². The van der Waals surface area contributed by atoms with E-state index in [-0.39, 0.29) is 24.4 Å². The van der Waals surface area contributed by atoms with Gasteiger partial charge in [-0.05, 0) is 36.1 Å². The minimum atomic E-state index is -0.635. The lowest BCUT2D eigenvalue weighted by atomic mass is 10.0. The highest BCUT2D eigenvalue weighted by Crippen LogP contribution is 2.22. The molecule has 0 spiro atoms. The molecule has 6 heteroatoms. The van der Waals surface area contributed by atoms with E-state index >= 15 is 0 Å². The second-order valence-corrected chi connectivity index (χ2v) is 10.4. The van der Waals surface area contributed by atoms with E-state index in [1.807, 2.05) is 86.6 Å². The Labute approximate surface area is 224 Å². The van der Waals surface area contributed by atoms with Crippen molar-refractivity contribution in [2.45, 2.75) is 57.5 Å². The van der Waals surface area contributed by atoms with E-state index in [0.717, 1.165) is 23.3 Å². The van der Waals surface area contributed by atoms with Crippen molar-refractivity contribution < 1.29 is 9.59 Å². The van der Waals surface area contributed by atoms with Gasteiger partial charge in [0.15, 0.2) is 0 Å². The summed E-state index contributed by atoms with van der Waals surface area (Å²) < 4.78 is 0.